The second kappa shape index (κ2) is 12.6. The number of hydrogen-bond donors (Lipinski definition) is 1. The summed E-state index contributed by atoms with van der Waals surface area (Å²) in [6, 6.07) is 13.6. The number of ether oxygens (including phenoxy) is 1. The fourth-order valence-corrected chi connectivity index (χ4v) is 8.26. The average molecular weight is 614 g/mol. The summed E-state index contributed by atoms with van der Waals surface area (Å²) in [5.74, 6) is -2.35. The number of rotatable bonds is 12. The predicted molar refractivity (Wildman–Crippen MR) is 177 cm³/mol. The summed E-state index contributed by atoms with van der Waals surface area (Å²) in [6.07, 6.45) is 4.85. The van der Waals surface area contributed by atoms with Crippen LogP contribution in [0.15, 0.2) is 73.8 Å². The molecule has 3 aliphatic rings. The van der Waals surface area contributed by atoms with Crippen molar-refractivity contribution in [3.05, 3.63) is 85.0 Å². The Bertz CT molecular complexity index is 1450. The third kappa shape index (κ3) is 5.32. The van der Waals surface area contributed by atoms with Crippen molar-refractivity contribution in [2.75, 3.05) is 29.5 Å². The van der Waals surface area contributed by atoms with E-state index in [1.165, 1.54) is 0 Å². The molecule has 2 aromatic carbocycles. The Morgan fingerprint density at radius 3 is 2.20 bits per heavy atom. The molecule has 8 heteroatoms. The number of fused-ring (bicyclic) bond motifs is 1. The van der Waals surface area contributed by atoms with Crippen LogP contribution in [-0.4, -0.2) is 70.7 Å². The molecular formula is C37H47N3O5. The van der Waals surface area contributed by atoms with Crippen LogP contribution in [0, 0.1) is 31.6 Å². The second-order valence-electron chi connectivity index (χ2n) is 13.5. The van der Waals surface area contributed by atoms with Crippen LogP contribution in [-0.2, 0) is 19.1 Å². The molecule has 0 aromatic heterocycles. The van der Waals surface area contributed by atoms with E-state index in [2.05, 4.69) is 13.2 Å². The minimum atomic E-state index is -1.22. The highest BCUT2D eigenvalue weighted by Gasteiger charge is 2.79. The van der Waals surface area contributed by atoms with Gasteiger partial charge in [0, 0.05) is 24.5 Å². The molecule has 45 heavy (non-hydrogen) atoms. The van der Waals surface area contributed by atoms with Gasteiger partial charge in [-0.25, -0.2) is 0 Å². The van der Waals surface area contributed by atoms with Crippen LogP contribution in [0.1, 0.15) is 51.2 Å². The van der Waals surface area contributed by atoms with Gasteiger partial charge in [0.1, 0.15) is 11.6 Å². The quantitative estimate of drug-likeness (QED) is 0.332. The third-order valence-corrected chi connectivity index (χ3v) is 9.99. The number of aliphatic hydroxyl groups is 1. The van der Waals surface area contributed by atoms with Gasteiger partial charge in [-0.05, 0) is 69.2 Å². The number of hydrogen-bond acceptors (Lipinski definition) is 5. The zero-order valence-electron chi connectivity index (χ0n) is 27.2. The molecule has 3 amide bonds. The summed E-state index contributed by atoms with van der Waals surface area (Å²) < 4.78 is 6.94. The molecule has 3 aliphatic heterocycles. The number of likely N-dealkylation sites (tertiary alicyclic amines) is 1. The van der Waals surface area contributed by atoms with Gasteiger partial charge in [-0.15, -0.1) is 13.2 Å². The maximum absolute atomic E-state index is 15.1. The van der Waals surface area contributed by atoms with Crippen LogP contribution in [0.3, 0.4) is 0 Å². The first kappa shape index (κ1) is 32.6. The Hall–Kier alpha value is -3.75. The fourth-order valence-electron chi connectivity index (χ4n) is 8.26. The van der Waals surface area contributed by atoms with Crippen LogP contribution >= 0.6 is 0 Å². The van der Waals surface area contributed by atoms with E-state index in [0.717, 1.165) is 16.8 Å². The van der Waals surface area contributed by atoms with Gasteiger partial charge < -0.3 is 24.5 Å². The smallest absolute Gasteiger partial charge is 0.253 e. The summed E-state index contributed by atoms with van der Waals surface area (Å²) in [6.45, 7) is 17.9. The molecule has 6 atom stereocenters. The molecule has 3 fully saturated rings. The highest BCUT2D eigenvalue weighted by atomic mass is 16.5. The van der Waals surface area contributed by atoms with E-state index in [1.54, 1.807) is 26.9 Å². The Balaban J connectivity index is 1.66. The van der Waals surface area contributed by atoms with E-state index >= 15 is 4.79 Å². The molecule has 5 rings (SSSR count). The zero-order chi connectivity index (χ0) is 32.7. The highest BCUT2D eigenvalue weighted by Crippen LogP contribution is 2.64. The molecule has 3 saturated heterocycles. The summed E-state index contributed by atoms with van der Waals surface area (Å²) >= 11 is 0. The van der Waals surface area contributed by atoms with E-state index in [1.807, 2.05) is 83.1 Å². The molecule has 240 valence electrons. The van der Waals surface area contributed by atoms with Crippen molar-refractivity contribution in [3.8, 4) is 0 Å². The number of aryl methyl sites for hydroxylation is 2. The lowest BCUT2D eigenvalue weighted by Crippen LogP contribution is -2.59. The topological polar surface area (TPSA) is 90.4 Å². The molecule has 1 N–H and O–H groups in total. The van der Waals surface area contributed by atoms with Crippen LogP contribution in [0.5, 0.6) is 0 Å². The van der Waals surface area contributed by atoms with E-state index in [0.29, 0.717) is 24.9 Å². The van der Waals surface area contributed by atoms with Crippen LogP contribution in [0.25, 0.3) is 0 Å². The molecule has 8 nitrogen and oxygen atoms in total. The zero-order valence-corrected chi connectivity index (χ0v) is 27.2. The van der Waals surface area contributed by atoms with Crippen LogP contribution in [0.4, 0.5) is 11.4 Å². The average Bonchev–Trinajstić information content (AvgIpc) is 3.58. The maximum atomic E-state index is 15.1. The van der Waals surface area contributed by atoms with Gasteiger partial charge in [-0.3, -0.25) is 14.4 Å². The van der Waals surface area contributed by atoms with Crippen LogP contribution in [0.2, 0.25) is 0 Å². The first-order valence-corrected chi connectivity index (χ1v) is 16.0. The monoisotopic (exact) mass is 613 g/mol. The van der Waals surface area contributed by atoms with Crippen molar-refractivity contribution in [1.29, 1.82) is 0 Å². The Kier molecular flexibility index (Phi) is 9.11. The number of para-hydroxylation sites is 2. The minimum absolute atomic E-state index is 0.153. The third-order valence-electron chi connectivity index (χ3n) is 9.99. The Morgan fingerprint density at radius 2 is 1.62 bits per heavy atom. The summed E-state index contributed by atoms with van der Waals surface area (Å²) in [7, 11) is 0. The second-order valence-corrected chi connectivity index (χ2v) is 13.5. The molecule has 2 aromatic rings. The first-order valence-electron chi connectivity index (χ1n) is 16.0. The predicted octanol–water partition coefficient (Wildman–Crippen LogP) is 5.21. The number of amides is 3. The summed E-state index contributed by atoms with van der Waals surface area (Å²) in [5.41, 5.74) is 1.17. The van der Waals surface area contributed by atoms with Crippen molar-refractivity contribution in [3.63, 3.8) is 0 Å². The lowest BCUT2D eigenvalue weighted by atomic mass is 9.66. The molecular weight excluding hydrogens is 566 g/mol. The normalized spacial score (nSPS) is 27.4. The highest BCUT2D eigenvalue weighted by molar-refractivity contribution is 6.07. The van der Waals surface area contributed by atoms with Crippen molar-refractivity contribution >= 4 is 29.1 Å². The SMILES string of the molecule is C=CCN(C(=O)[C@H]1[C@H]2C(=O)N([C@@H](CO)CC(C)C)C(C(=O)N(CC=C)c3c(C)cccc3C)C23CC[C@]1(C)O3)c1ccccc1. The van der Waals surface area contributed by atoms with Crippen molar-refractivity contribution < 1.29 is 24.2 Å². The van der Waals surface area contributed by atoms with E-state index in [-0.39, 0.29) is 43.3 Å². The van der Waals surface area contributed by atoms with E-state index < -0.39 is 35.1 Å². The van der Waals surface area contributed by atoms with Gasteiger partial charge in [0.15, 0.2) is 0 Å². The lowest BCUT2D eigenvalue weighted by Gasteiger charge is -2.40. The van der Waals surface area contributed by atoms with Crippen molar-refractivity contribution in [2.45, 2.75) is 77.2 Å². The molecule has 3 heterocycles. The molecule has 0 radical (unpaired) electrons. The summed E-state index contributed by atoms with van der Waals surface area (Å²) in [4.78, 5) is 49.5. The standard InChI is InChI=1S/C37H47N3O5/c1-8-20-38(27-16-11-10-12-17-27)33(42)29-30-34(43)40(28(23-41)22-24(3)4)32(37(30)19-18-36(29,7)45-37)35(44)39(21-9-2)31-25(5)14-13-15-26(31)6/h8-17,24,28-30,32,41H,1-2,18-23H2,3-7H3/t28-,29-,30+,32?,36+,37?/m1/s1. The largest absolute Gasteiger partial charge is 0.394 e. The first-order chi connectivity index (χ1) is 21.5. The lowest BCUT2D eigenvalue weighted by molar-refractivity contribution is -0.148. The molecule has 0 saturated carbocycles. The number of nitrogens with zero attached hydrogens (tertiary/aromatic N) is 3. The van der Waals surface area contributed by atoms with Gasteiger partial charge in [0.2, 0.25) is 11.8 Å². The van der Waals surface area contributed by atoms with Gasteiger partial charge in [-0.2, -0.15) is 0 Å². The Morgan fingerprint density at radius 1 is 1.00 bits per heavy atom. The van der Waals surface area contributed by atoms with Crippen molar-refractivity contribution in [2.24, 2.45) is 17.8 Å². The number of aliphatic hydroxyl groups excluding tert-OH is 1. The summed E-state index contributed by atoms with van der Waals surface area (Å²) in [5, 5.41) is 10.7. The van der Waals surface area contributed by atoms with Gasteiger partial charge >= 0.3 is 0 Å². The maximum Gasteiger partial charge on any atom is 0.253 e. The van der Waals surface area contributed by atoms with Crippen molar-refractivity contribution in [1.82, 2.24) is 4.90 Å². The Labute approximate surface area is 267 Å². The minimum Gasteiger partial charge on any atom is -0.394 e. The number of anilines is 2. The number of carbonyl (C=O) groups excluding carboxylic acids is 3. The van der Waals surface area contributed by atoms with Gasteiger partial charge in [-0.1, -0.05) is 62.4 Å². The van der Waals surface area contributed by atoms with Gasteiger partial charge in [0.25, 0.3) is 5.91 Å². The van der Waals surface area contributed by atoms with Crippen LogP contribution < -0.4 is 9.80 Å². The van der Waals surface area contributed by atoms with E-state index in [9.17, 15) is 14.7 Å². The van der Waals surface area contributed by atoms with Gasteiger partial charge in [0.05, 0.1) is 30.1 Å². The molecule has 2 unspecified atom stereocenters. The molecule has 1 spiro atoms. The fraction of sp³-hybridized carbons (Fsp3) is 0.486. The number of benzene rings is 2. The number of carbonyl (C=O) groups is 3. The molecule has 0 aliphatic carbocycles. The molecule has 2 bridgehead atoms. The van der Waals surface area contributed by atoms with E-state index in [4.69, 9.17) is 4.74 Å².